The number of hydrogen-bond donors (Lipinski definition) is 3. The summed E-state index contributed by atoms with van der Waals surface area (Å²) in [6.45, 7) is 6.73. The van der Waals surface area contributed by atoms with Crippen molar-refractivity contribution in [2.75, 3.05) is 32.8 Å². The number of guanidine groups is 1. The van der Waals surface area contributed by atoms with Crippen molar-refractivity contribution in [2.24, 2.45) is 4.99 Å². The number of sulfonamides is 1. The third-order valence-corrected chi connectivity index (χ3v) is 6.88. The van der Waals surface area contributed by atoms with Crippen molar-refractivity contribution < 1.29 is 13.2 Å². The molecule has 3 N–H and O–H groups in total. The molecule has 0 amide bonds. The lowest BCUT2D eigenvalue weighted by Crippen LogP contribution is -2.41. The topological polar surface area (TPSA) is 91.8 Å². The predicted octanol–water partition coefficient (Wildman–Crippen LogP) is 3.37. The zero-order valence-electron chi connectivity index (χ0n) is 17.3. The fourth-order valence-electron chi connectivity index (χ4n) is 2.53. The summed E-state index contributed by atoms with van der Waals surface area (Å²) < 4.78 is 32.9. The van der Waals surface area contributed by atoms with Crippen LogP contribution >= 0.6 is 35.3 Å². The largest absolute Gasteiger partial charge is 0.374 e. The summed E-state index contributed by atoms with van der Waals surface area (Å²) >= 11 is 1.20. The first-order chi connectivity index (χ1) is 14.0. The van der Waals surface area contributed by atoms with E-state index in [1.807, 2.05) is 32.0 Å². The standard InChI is InChI=1S/C20H30N4O3S2.HI/c1-3-21-20(23-13-14-24-29(25,26)19-11-7-16-28-19)22-12-8-15-27-17(2)18-9-5-4-6-10-18;/h4-7,9-11,16-17,24H,3,8,12-15H2,1-2H3,(H2,21,22,23);1H. The van der Waals surface area contributed by atoms with Gasteiger partial charge < -0.3 is 15.4 Å². The highest BCUT2D eigenvalue weighted by Crippen LogP contribution is 2.16. The Hall–Kier alpha value is -1.21. The van der Waals surface area contributed by atoms with E-state index in [0.29, 0.717) is 29.9 Å². The third kappa shape index (κ3) is 9.73. The minimum Gasteiger partial charge on any atom is -0.374 e. The number of benzene rings is 1. The molecule has 10 heteroatoms. The van der Waals surface area contributed by atoms with Crippen molar-refractivity contribution in [3.63, 3.8) is 0 Å². The fraction of sp³-hybridized carbons (Fsp3) is 0.450. The van der Waals surface area contributed by atoms with Gasteiger partial charge in [-0.15, -0.1) is 35.3 Å². The van der Waals surface area contributed by atoms with Crippen LogP contribution in [0.15, 0.2) is 57.0 Å². The zero-order chi connectivity index (χ0) is 21.0. The number of rotatable bonds is 12. The number of thiophene rings is 1. The number of halogens is 1. The summed E-state index contributed by atoms with van der Waals surface area (Å²) in [6, 6.07) is 13.4. The first kappa shape index (κ1) is 26.8. The minimum atomic E-state index is -3.43. The molecule has 0 saturated carbocycles. The third-order valence-electron chi connectivity index (χ3n) is 4.02. The summed E-state index contributed by atoms with van der Waals surface area (Å²) in [7, 11) is -3.43. The molecule has 1 aromatic carbocycles. The van der Waals surface area contributed by atoms with Crippen molar-refractivity contribution in [3.8, 4) is 0 Å². The summed E-state index contributed by atoms with van der Waals surface area (Å²) in [5.74, 6) is 0.666. The molecule has 30 heavy (non-hydrogen) atoms. The monoisotopic (exact) mass is 566 g/mol. The van der Waals surface area contributed by atoms with Crippen LogP contribution in [0.5, 0.6) is 0 Å². The normalized spacial score (nSPS) is 12.8. The number of ether oxygens (including phenoxy) is 1. The Labute approximate surface area is 200 Å². The molecule has 1 heterocycles. The van der Waals surface area contributed by atoms with Gasteiger partial charge in [-0.3, -0.25) is 4.99 Å². The smallest absolute Gasteiger partial charge is 0.250 e. The molecule has 0 fully saturated rings. The van der Waals surface area contributed by atoms with Gasteiger partial charge in [-0.1, -0.05) is 36.4 Å². The van der Waals surface area contributed by atoms with E-state index in [9.17, 15) is 8.42 Å². The minimum absolute atomic E-state index is 0. The summed E-state index contributed by atoms with van der Waals surface area (Å²) in [6.07, 6.45) is 0.863. The molecule has 1 unspecified atom stereocenters. The van der Waals surface area contributed by atoms with Crippen molar-refractivity contribution in [1.29, 1.82) is 0 Å². The molecule has 0 radical (unpaired) electrons. The number of nitrogens with one attached hydrogen (secondary N) is 3. The first-order valence-corrected chi connectivity index (χ1v) is 12.1. The van der Waals surface area contributed by atoms with E-state index in [1.54, 1.807) is 17.5 Å². The van der Waals surface area contributed by atoms with Gasteiger partial charge in [-0.05, 0) is 37.3 Å². The molecule has 1 aromatic heterocycles. The van der Waals surface area contributed by atoms with Crippen LogP contribution in [0.3, 0.4) is 0 Å². The highest BCUT2D eigenvalue weighted by atomic mass is 127. The van der Waals surface area contributed by atoms with Gasteiger partial charge in [0.2, 0.25) is 10.0 Å². The lowest BCUT2D eigenvalue weighted by atomic mass is 10.1. The second kappa shape index (κ2) is 14.7. The van der Waals surface area contributed by atoms with Crippen LogP contribution in [0, 0.1) is 0 Å². The molecule has 0 spiro atoms. The molecular formula is C20H31IN4O3S2. The second-order valence-electron chi connectivity index (χ2n) is 6.29. The van der Waals surface area contributed by atoms with E-state index in [0.717, 1.165) is 18.5 Å². The van der Waals surface area contributed by atoms with Gasteiger partial charge in [0.25, 0.3) is 0 Å². The fourth-order valence-corrected chi connectivity index (χ4v) is 4.60. The first-order valence-electron chi connectivity index (χ1n) is 9.75. The Balaban J connectivity index is 0.00000450. The molecule has 2 aromatic rings. The van der Waals surface area contributed by atoms with Crippen molar-refractivity contribution >= 4 is 51.3 Å². The van der Waals surface area contributed by atoms with E-state index in [4.69, 9.17) is 4.74 Å². The van der Waals surface area contributed by atoms with Gasteiger partial charge in [0.1, 0.15) is 4.21 Å². The Morgan fingerprint density at radius 2 is 1.90 bits per heavy atom. The van der Waals surface area contributed by atoms with Crippen LogP contribution in [0.25, 0.3) is 0 Å². The molecule has 0 aliphatic carbocycles. The molecule has 0 saturated heterocycles. The van der Waals surface area contributed by atoms with E-state index < -0.39 is 10.0 Å². The van der Waals surface area contributed by atoms with Crippen LogP contribution in [-0.2, 0) is 14.8 Å². The lowest BCUT2D eigenvalue weighted by molar-refractivity contribution is 0.0652. The van der Waals surface area contributed by atoms with Crippen LogP contribution < -0.4 is 15.4 Å². The maximum absolute atomic E-state index is 12.1. The maximum atomic E-state index is 12.1. The molecule has 0 aliphatic heterocycles. The molecule has 2 rings (SSSR count). The van der Waals surface area contributed by atoms with E-state index in [1.165, 1.54) is 11.3 Å². The number of hydrogen-bond acceptors (Lipinski definition) is 5. The highest BCUT2D eigenvalue weighted by molar-refractivity contribution is 14.0. The van der Waals surface area contributed by atoms with Gasteiger partial charge in [0, 0.05) is 32.8 Å². The molecule has 1 atom stereocenters. The van der Waals surface area contributed by atoms with Crippen LogP contribution in [0.2, 0.25) is 0 Å². The number of nitrogens with zero attached hydrogens (tertiary/aromatic N) is 1. The Bertz CT molecular complexity index is 831. The maximum Gasteiger partial charge on any atom is 0.250 e. The van der Waals surface area contributed by atoms with Crippen LogP contribution in [0.4, 0.5) is 0 Å². The van der Waals surface area contributed by atoms with Crippen LogP contribution in [0.1, 0.15) is 31.9 Å². The van der Waals surface area contributed by atoms with Gasteiger partial charge >= 0.3 is 0 Å². The van der Waals surface area contributed by atoms with E-state index in [2.05, 4.69) is 32.5 Å². The van der Waals surface area contributed by atoms with Gasteiger partial charge in [0.15, 0.2) is 5.96 Å². The van der Waals surface area contributed by atoms with Crippen molar-refractivity contribution in [1.82, 2.24) is 15.4 Å². The van der Waals surface area contributed by atoms with Crippen molar-refractivity contribution in [3.05, 3.63) is 53.4 Å². The van der Waals surface area contributed by atoms with Gasteiger partial charge in [0.05, 0.1) is 6.10 Å². The second-order valence-corrected chi connectivity index (χ2v) is 9.24. The molecule has 7 nitrogen and oxygen atoms in total. The highest BCUT2D eigenvalue weighted by Gasteiger charge is 2.13. The van der Waals surface area contributed by atoms with Crippen LogP contribution in [-0.4, -0.2) is 47.2 Å². The average molecular weight is 567 g/mol. The SMILES string of the molecule is CCNC(=NCCCOC(C)c1ccccc1)NCCNS(=O)(=O)c1cccs1.I. The lowest BCUT2D eigenvalue weighted by Gasteiger charge is -2.14. The zero-order valence-corrected chi connectivity index (χ0v) is 21.3. The quantitative estimate of drug-likeness (QED) is 0.159. The Morgan fingerprint density at radius 3 is 2.57 bits per heavy atom. The van der Waals surface area contributed by atoms with Crippen molar-refractivity contribution in [2.45, 2.75) is 30.6 Å². The van der Waals surface area contributed by atoms with E-state index >= 15 is 0 Å². The number of aliphatic imine (C=N–C) groups is 1. The van der Waals surface area contributed by atoms with E-state index in [-0.39, 0.29) is 36.6 Å². The molecule has 0 aliphatic rings. The van der Waals surface area contributed by atoms with Gasteiger partial charge in [-0.25, -0.2) is 13.1 Å². The van der Waals surface area contributed by atoms with Gasteiger partial charge in [-0.2, -0.15) is 0 Å². The molecular weight excluding hydrogens is 535 g/mol. The molecule has 0 bridgehead atoms. The summed E-state index contributed by atoms with van der Waals surface area (Å²) in [5.41, 5.74) is 1.16. The average Bonchev–Trinajstić information content (AvgIpc) is 3.27. The Morgan fingerprint density at radius 1 is 1.13 bits per heavy atom. The predicted molar refractivity (Wildman–Crippen MR) is 134 cm³/mol. The summed E-state index contributed by atoms with van der Waals surface area (Å²) in [4.78, 5) is 4.51. The summed E-state index contributed by atoms with van der Waals surface area (Å²) in [5, 5.41) is 8.04. The Kier molecular flexibility index (Phi) is 13.2. The molecule has 168 valence electrons.